The molecule has 1 rings (SSSR count). The van der Waals surface area contributed by atoms with Gasteiger partial charge in [-0.15, -0.1) is 0 Å². The van der Waals surface area contributed by atoms with Gasteiger partial charge in [0, 0.05) is 20.0 Å². The lowest BCUT2D eigenvalue weighted by molar-refractivity contribution is -0.131. The summed E-state index contributed by atoms with van der Waals surface area (Å²) in [5.74, 6) is -2.22. The summed E-state index contributed by atoms with van der Waals surface area (Å²) in [7, 11) is -2.01. The van der Waals surface area contributed by atoms with Crippen LogP contribution < -0.4 is 16.4 Å². The number of carbonyl (C=O) groups excluding carboxylic acids is 3. The molecule has 0 fully saturated rings. The third kappa shape index (κ3) is 7.87. The SMILES string of the molecule is CC(=O)N[C@@H](Cc1ccccc1F)C(=O)N[C@@H](CCO[Si](C)(C)C(C)(C)C)C(N)=O. The van der Waals surface area contributed by atoms with E-state index in [0.29, 0.717) is 0 Å². The van der Waals surface area contributed by atoms with Gasteiger partial charge in [0.1, 0.15) is 17.9 Å². The molecule has 0 aromatic heterocycles. The monoisotopic (exact) mass is 439 g/mol. The van der Waals surface area contributed by atoms with Crippen LogP contribution in [0.5, 0.6) is 0 Å². The van der Waals surface area contributed by atoms with Crippen LogP contribution in [-0.4, -0.2) is 44.7 Å². The molecule has 0 saturated carbocycles. The topological polar surface area (TPSA) is 111 Å². The van der Waals surface area contributed by atoms with Crippen molar-refractivity contribution < 1.29 is 23.2 Å². The molecule has 3 amide bonds. The fourth-order valence-electron chi connectivity index (χ4n) is 2.54. The number of benzene rings is 1. The van der Waals surface area contributed by atoms with Gasteiger partial charge in [-0.3, -0.25) is 14.4 Å². The average molecular weight is 440 g/mol. The number of hydrogen-bond acceptors (Lipinski definition) is 4. The molecule has 0 unspecified atom stereocenters. The second-order valence-corrected chi connectivity index (χ2v) is 13.7. The standard InChI is InChI=1S/C21H34FN3O4Si/c1-14(26)24-18(13-15-9-7-8-10-16(15)22)20(28)25-17(19(23)27)11-12-29-30(5,6)21(2,3)4/h7-10,17-18H,11-13H2,1-6H3,(H2,23,27)(H,24,26)(H,25,28)/t17-,18-/m0/s1. The van der Waals surface area contributed by atoms with E-state index < -0.39 is 43.9 Å². The molecule has 1 aromatic carbocycles. The minimum Gasteiger partial charge on any atom is -0.417 e. The van der Waals surface area contributed by atoms with Gasteiger partial charge < -0.3 is 20.8 Å². The molecule has 9 heteroatoms. The van der Waals surface area contributed by atoms with E-state index >= 15 is 0 Å². The molecular weight excluding hydrogens is 405 g/mol. The highest BCUT2D eigenvalue weighted by atomic mass is 28.4. The lowest BCUT2D eigenvalue weighted by Crippen LogP contribution is -2.54. The first-order valence-electron chi connectivity index (χ1n) is 9.98. The van der Waals surface area contributed by atoms with Gasteiger partial charge in [-0.25, -0.2) is 4.39 Å². The molecule has 7 nitrogen and oxygen atoms in total. The normalized spacial score (nSPS) is 14.0. The largest absolute Gasteiger partial charge is 0.417 e. The zero-order valence-corrected chi connectivity index (χ0v) is 19.7. The van der Waals surface area contributed by atoms with E-state index in [1.807, 2.05) is 0 Å². The smallest absolute Gasteiger partial charge is 0.243 e. The van der Waals surface area contributed by atoms with Gasteiger partial charge in [0.15, 0.2) is 8.32 Å². The highest BCUT2D eigenvalue weighted by Gasteiger charge is 2.37. The van der Waals surface area contributed by atoms with E-state index in [1.165, 1.54) is 25.1 Å². The molecule has 0 aliphatic rings. The van der Waals surface area contributed by atoms with Gasteiger partial charge in [0.25, 0.3) is 0 Å². The summed E-state index contributed by atoms with van der Waals surface area (Å²) in [5, 5.41) is 5.09. The number of carbonyl (C=O) groups is 3. The summed E-state index contributed by atoms with van der Waals surface area (Å²) in [6, 6.07) is 4.00. The van der Waals surface area contributed by atoms with Crippen LogP contribution in [0.1, 0.15) is 39.7 Å². The van der Waals surface area contributed by atoms with Gasteiger partial charge in [0.05, 0.1) is 0 Å². The van der Waals surface area contributed by atoms with Crippen molar-refractivity contribution in [3.8, 4) is 0 Å². The molecule has 0 spiro atoms. The summed E-state index contributed by atoms with van der Waals surface area (Å²) in [4.78, 5) is 36.1. The van der Waals surface area contributed by atoms with Gasteiger partial charge in [-0.1, -0.05) is 39.0 Å². The van der Waals surface area contributed by atoms with Crippen molar-refractivity contribution in [2.75, 3.05) is 6.61 Å². The second-order valence-electron chi connectivity index (χ2n) is 8.91. The summed E-state index contributed by atoms with van der Waals surface area (Å²) in [5.41, 5.74) is 5.73. The number of halogens is 1. The van der Waals surface area contributed by atoms with Crippen molar-refractivity contribution in [3.63, 3.8) is 0 Å². The summed E-state index contributed by atoms with van der Waals surface area (Å²) < 4.78 is 20.0. The Bertz CT molecular complexity index is 765. The van der Waals surface area contributed by atoms with E-state index in [9.17, 15) is 18.8 Å². The number of primary amides is 1. The summed E-state index contributed by atoms with van der Waals surface area (Å²) >= 11 is 0. The molecule has 4 N–H and O–H groups in total. The van der Waals surface area contributed by atoms with Gasteiger partial charge in [-0.05, 0) is 36.2 Å². The molecule has 0 aliphatic heterocycles. The Morgan fingerprint density at radius 1 is 1.13 bits per heavy atom. The van der Waals surface area contributed by atoms with Crippen LogP contribution in [0.2, 0.25) is 18.1 Å². The number of amides is 3. The van der Waals surface area contributed by atoms with Crippen molar-refractivity contribution in [2.45, 2.75) is 70.8 Å². The van der Waals surface area contributed by atoms with E-state index in [1.54, 1.807) is 6.07 Å². The highest BCUT2D eigenvalue weighted by Crippen LogP contribution is 2.36. The van der Waals surface area contributed by atoms with Crippen LogP contribution >= 0.6 is 0 Å². The second kappa shape index (κ2) is 10.7. The molecule has 0 aliphatic carbocycles. The molecule has 30 heavy (non-hydrogen) atoms. The minimum atomic E-state index is -2.01. The third-order valence-corrected chi connectivity index (χ3v) is 9.95. The molecule has 0 bridgehead atoms. The maximum absolute atomic E-state index is 14.0. The third-order valence-electron chi connectivity index (χ3n) is 5.41. The van der Waals surface area contributed by atoms with Crippen LogP contribution in [-0.2, 0) is 25.2 Å². The first-order valence-corrected chi connectivity index (χ1v) is 12.9. The highest BCUT2D eigenvalue weighted by molar-refractivity contribution is 6.74. The predicted octanol–water partition coefficient (Wildman–Crippen LogP) is 2.25. The minimum absolute atomic E-state index is 0.00866. The van der Waals surface area contributed by atoms with Crippen molar-refractivity contribution >= 4 is 26.0 Å². The molecule has 1 aromatic rings. The van der Waals surface area contributed by atoms with Gasteiger partial charge in [0.2, 0.25) is 17.7 Å². The fourth-order valence-corrected chi connectivity index (χ4v) is 3.61. The quantitative estimate of drug-likeness (QED) is 0.486. The average Bonchev–Trinajstić information content (AvgIpc) is 2.60. The number of hydrogen-bond donors (Lipinski definition) is 3. The lowest BCUT2D eigenvalue weighted by Gasteiger charge is -2.36. The van der Waals surface area contributed by atoms with Crippen molar-refractivity contribution in [3.05, 3.63) is 35.6 Å². The van der Waals surface area contributed by atoms with Gasteiger partial charge >= 0.3 is 0 Å². The van der Waals surface area contributed by atoms with Crippen LogP contribution in [0.4, 0.5) is 4.39 Å². The Balaban J connectivity index is 2.83. The molecular formula is C21H34FN3O4Si. The van der Waals surface area contributed by atoms with Crippen molar-refractivity contribution in [2.24, 2.45) is 5.73 Å². The molecule has 0 saturated heterocycles. The maximum atomic E-state index is 14.0. The first-order chi connectivity index (χ1) is 13.7. The Morgan fingerprint density at radius 2 is 1.73 bits per heavy atom. The van der Waals surface area contributed by atoms with Crippen molar-refractivity contribution in [1.29, 1.82) is 0 Å². The van der Waals surface area contributed by atoms with Gasteiger partial charge in [-0.2, -0.15) is 0 Å². The van der Waals surface area contributed by atoms with Crippen LogP contribution in [0.3, 0.4) is 0 Å². The zero-order valence-electron chi connectivity index (χ0n) is 18.7. The van der Waals surface area contributed by atoms with E-state index in [2.05, 4.69) is 44.5 Å². The first kappa shape index (κ1) is 25.8. The zero-order chi connectivity index (χ0) is 23.1. The van der Waals surface area contributed by atoms with Crippen LogP contribution in [0.15, 0.2) is 24.3 Å². The molecule has 2 atom stereocenters. The summed E-state index contributed by atoms with van der Waals surface area (Å²) in [6.45, 7) is 12.0. The van der Waals surface area contributed by atoms with E-state index in [4.69, 9.17) is 10.2 Å². The number of nitrogens with two attached hydrogens (primary N) is 1. The van der Waals surface area contributed by atoms with E-state index in [-0.39, 0.29) is 30.1 Å². The van der Waals surface area contributed by atoms with Crippen molar-refractivity contribution in [1.82, 2.24) is 10.6 Å². The molecule has 0 radical (unpaired) electrons. The van der Waals surface area contributed by atoms with E-state index in [0.717, 1.165) is 0 Å². The number of nitrogens with one attached hydrogen (secondary N) is 2. The lowest BCUT2D eigenvalue weighted by atomic mass is 10.0. The van der Waals surface area contributed by atoms with Crippen LogP contribution in [0, 0.1) is 5.82 Å². The Kier molecular flexibility index (Phi) is 9.17. The Hall–Kier alpha value is -2.26. The Labute approximate surface area is 179 Å². The van der Waals surface area contributed by atoms with Crippen LogP contribution in [0.25, 0.3) is 0 Å². The predicted molar refractivity (Wildman–Crippen MR) is 117 cm³/mol. The molecule has 168 valence electrons. The number of rotatable bonds is 10. The molecule has 0 heterocycles. The fraction of sp³-hybridized carbons (Fsp3) is 0.571. The maximum Gasteiger partial charge on any atom is 0.243 e. The summed E-state index contributed by atoms with van der Waals surface area (Å²) in [6.07, 6.45) is 0.157. The Morgan fingerprint density at radius 3 is 2.23 bits per heavy atom.